The van der Waals surface area contributed by atoms with Gasteiger partial charge < -0.3 is 5.21 Å². The highest BCUT2D eigenvalue weighted by molar-refractivity contribution is 6.24. The Morgan fingerprint density at radius 2 is 1.61 bits per heavy atom. The molecule has 28 heavy (non-hydrogen) atoms. The summed E-state index contributed by atoms with van der Waals surface area (Å²) in [4.78, 5) is 4.09. The van der Waals surface area contributed by atoms with Crippen molar-refractivity contribution in [2.75, 3.05) is 0 Å². The molecule has 0 atom stereocenters. The number of hydrogen-bond acceptors (Lipinski definition) is 3. The predicted molar refractivity (Wildman–Crippen MR) is 110 cm³/mol. The fraction of sp³-hybridized carbons (Fsp3) is 0. The highest BCUT2D eigenvalue weighted by Gasteiger charge is 2.10. The monoisotopic (exact) mass is 364 g/mol. The lowest BCUT2D eigenvalue weighted by Crippen LogP contribution is -1.96. The first kappa shape index (κ1) is 16.2. The summed E-state index contributed by atoms with van der Waals surface area (Å²) >= 11 is 0. The molecule has 0 amide bonds. The van der Waals surface area contributed by atoms with Crippen LogP contribution < -0.4 is 0 Å². The highest BCUT2D eigenvalue weighted by Crippen LogP contribution is 2.36. The van der Waals surface area contributed by atoms with Crippen LogP contribution >= 0.6 is 0 Å². The molecule has 0 unspecified atom stereocenters. The Morgan fingerprint density at radius 3 is 2.43 bits per heavy atom. The summed E-state index contributed by atoms with van der Waals surface area (Å²) in [5, 5.41) is 18.5. The average Bonchev–Trinajstić information content (AvgIpc) is 2.73. The van der Waals surface area contributed by atoms with E-state index in [4.69, 9.17) is 5.21 Å². The van der Waals surface area contributed by atoms with Gasteiger partial charge in [0.05, 0.1) is 6.21 Å². The lowest BCUT2D eigenvalue weighted by Gasteiger charge is -2.12. The van der Waals surface area contributed by atoms with E-state index in [0.717, 1.165) is 22.6 Å². The SMILES string of the molecule is O/N=C/c1nc(C#Cc2cc3cccc4ccc5cccc2c5c43)ccc1F. The van der Waals surface area contributed by atoms with Crippen LogP contribution in [-0.4, -0.2) is 16.4 Å². The number of hydrogen-bond donors (Lipinski definition) is 1. The third-order valence-electron chi connectivity index (χ3n) is 4.89. The number of rotatable bonds is 1. The van der Waals surface area contributed by atoms with Gasteiger partial charge in [0.2, 0.25) is 0 Å². The Hall–Kier alpha value is -3.97. The fourth-order valence-electron chi connectivity index (χ4n) is 3.67. The van der Waals surface area contributed by atoms with Gasteiger partial charge in [-0.05, 0) is 56.4 Å². The van der Waals surface area contributed by atoms with Crippen molar-refractivity contribution in [3.05, 3.63) is 89.5 Å². The van der Waals surface area contributed by atoms with Crippen molar-refractivity contribution in [3.63, 3.8) is 0 Å². The minimum absolute atomic E-state index is 0.0517. The molecule has 1 aromatic heterocycles. The summed E-state index contributed by atoms with van der Waals surface area (Å²) in [6.45, 7) is 0. The van der Waals surface area contributed by atoms with Crippen molar-refractivity contribution in [2.24, 2.45) is 5.16 Å². The summed E-state index contributed by atoms with van der Waals surface area (Å²) in [5.41, 5.74) is 1.24. The summed E-state index contributed by atoms with van der Waals surface area (Å²) < 4.78 is 13.7. The molecule has 0 aliphatic heterocycles. The molecular formula is C24H13FN2O. The number of halogens is 1. The summed E-state index contributed by atoms with van der Waals surface area (Å²) in [5.74, 6) is 5.63. The maximum absolute atomic E-state index is 13.7. The molecule has 3 nitrogen and oxygen atoms in total. The van der Waals surface area contributed by atoms with E-state index in [-0.39, 0.29) is 5.69 Å². The van der Waals surface area contributed by atoms with E-state index in [0.29, 0.717) is 5.69 Å². The summed E-state index contributed by atoms with van der Waals surface area (Å²) in [6, 6.07) is 21.6. The Bertz CT molecular complexity index is 1440. The molecule has 0 spiro atoms. The number of nitrogens with zero attached hydrogens (tertiary/aromatic N) is 2. The third kappa shape index (κ3) is 2.53. The quantitative estimate of drug-likeness (QED) is 0.144. The molecule has 0 fully saturated rings. The van der Waals surface area contributed by atoms with Crippen LogP contribution in [0.15, 0.2) is 71.9 Å². The van der Waals surface area contributed by atoms with Gasteiger partial charge in [-0.1, -0.05) is 59.6 Å². The molecular weight excluding hydrogens is 351 g/mol. The van der Waals surface area contributed by atoms with Crippen molar-refractivity contribution in [3.8, 4) is 11.8 Å². The van der Waals surface area contributed by atoms with Crippen LogP contribution in [0.25, 0.3) is 32.3 Å². The molecule has 0 saturated heterocycles. The van der Waals surface area contributed by atoms with Crippen LogP contribution in [0.3, 0.4) is 0 Å². The number of oxime groups is 1. The van der Waals surface area contributed by atoms with Gasteiger partial charge in [0, 0.05) is 5.56 Å². The lowest BCUT2D eigenvalue weighted by atomic mass is 9.91. The van der Waals surface area contributed by atoms with E-state index < -0.39 is 5.82 Å². The van der Waals surface area contributed by atoms with Gasteiger partial charge in [0.15, 0.2) is 5.82 Å². The zero-order chi connectivity index (χ0) is 19.1. The lowest BCUT2D eigenvalue weighted by molar-refractivity contribution is 0.321. The average molecular weight is 364 g/mol. The maximum Gasteiger partial charge on any atom is 0.150 e. The molecule has 4 heteroatoms. The smallest absolute Gasteiger partial charge is 0.150 e. The van der Waals surface area contributed by atoms with Crippen LogP contribution in [0.4, 0.5) is 4.39 Å². The zero-order valence-corrected chi connectivity index (χ0v) is 14.6. The molecule has 5 rings (SSSR count). The minimum atomic E-state index is -0.564. The summed E-state index contributed by atoms with van der Waals surface area (Å²) in [7, 11) is 0. The van der Waals surface area contributed by atoms with Crippen LogP contribution in [-0.2, 0) is 0 Å². The van der Waals surface area contributed by atoms with Gasteiger partial charge in [-0.3, -0.25) is 0 Å². The van der Waals surface area contributed by atoms with Gasteiger partial charge >= 0.3 is 0 Å². The van der Waals surface area contributed by atoms with Gasteiger partial charge in [-0.15, -0.1) is 0 Å². The molecule has 5 aromatic rings. The maximum atomic E-state index is 13.7. The van der Waals surface area contributed by atoms with Crippen molar-refractivity contribution in [1.82, 2.24) is 4.98 Å². The van der Waals surface area contributed by atoms with Crippen molar-refractivity contribution in [2.45, 2.75) is 0 Å². The number of benzene rings is 4. The standard InChI is InChI=1S/C24H13FN2O/c25-21-12-11-19(27-22(21)14-26-28)10-9-17-13-18-5-1-3-15-7-8-16-4-2-6-20(17)24(16)23(15)18/h1-8,11-14,28H/b26-14+. The van der Waals surface area contributed by atoms with Crippen LogP contribution in [0, 0.1) is 17.7 Å². The largest absolute Gasteiger partial charge is 0.411 e. The molecule has 1 heterocycles. The molecule has 1 N–H and O–H groups in total. The van der Waals surface area contributed by atoms with Crippen molar-refractivity contribution in [1.29, 1.82) is 0 Å². The fourth-order valence-corrected chi connectivity index (χ4v) is 3.67. The third-order valence-corrected chi connectivity index (χ3v) is 4.89. The Kier molecular flexibility index (Phi) is 3.67. The Labute approximate surface area is 160 Å². The van der Waals surface area contributed by atoms with E-state index in [1.54, 1.807) is 0 Å². The van der Waals surface area contributed by atoms with Crippen molar-refractivity contribution < 1.29 is 9.60 Å². The van der Waals surface area contributed by atoms with E-state index in [1.165, 1.54) is 33.7 Å². The van der Waals surface area contributed by atoms with Gasteiger partial charge in [0.1, 0.15) is 11.4 Å². The molecule has 0 bridgehead atoms. The molecule has 132 valence electrons. The Morgan fingerprint density at radius 1 is 0.857 bits per heavy atom. The normalized spacial score (nSPS) is 11.5. The summed E-state index contributed by atoms with van der Waals surface area (Å²) in [6.07, 6.45) is 0.956. The Balaban J connectivity index is 1.75. The van der Waals surface area contributed by atoms with Crippen LogP contribution in [0.2, 0.25) is 0 Å². The molecule has 0 radical (unpaired) electrons. The second-order valence-electron chi connectivity index (χ2n) is 6.53. The van der Waals surface area contributed by atoms with Gasteiger partial charge in [-0.25, -0.2) is 9.37 Å². The van der Waals surface area contributed by atoms with E-state index in [1.807, 2.05) is 12.1 Å². The number of aromatic nitrogens is 1. The zero-order valence-electron chi connectivity index (χ0n) is 14.6. The van der Waals surface area contributed by atoms with Crippen molar-refractivity contribution >= 4 is 38.5 Å². The second kappa shape index (κ2) is 6.33. The first-order valence-corrected chi connectivity index (χ1v) is 8.77. The van der Waals surface area contributed by atoms with E-state index in [9.17, 15) is 4.39 Å². The minimum Gasteiger partial charge on any atom is -0.411 e. The van der Waals surface area contributed by atoms with Gasteiger partial charge in [0.25, 0.3) is 0 Å². The van der Waals surface area contributed by atoms with Crippen LogP contribution in [0.5, 0.6) is 0 Å². The first-order valence-electron chi connectivity index (χ1n) is 8.77. The van der Waals surface area contributed by atoms with Gasteiger partial charge in [-0.2, -0.15) is 0 Å². The predicted octanol–water partition coefficient (Wildman–Crippen LogP) is 5.33. The molecule has 0 saturated carbocycles. The first-order chi connectivity index (χ1) is 13.7. The number of pyridine rings is 1. The molecule has 0 aliphatic rings. The van der Waals surface area contributed by atoms with Crippen LogP contribution in [0.1, 0.15) is 17.0 Å². The highest BCUT2D eigenvalue weighted by atomic mass is 19.1. The topological polar surface area (TPSA) is 45.5 Å². The van der Waals surface area contributed by atoms with E-state index >= 15 is 0 Å². The molecule has 4 aromatic carbocycles. The van der Waals surface area contributed by atoms with E-state index in [2.05, 4.69) is 64.4 Å². The molecule has 0 aliphatic carbocycles. The second-order valence-corrected chi connectivity index (χ2v) is 6.53.